The van der Waals surface area contributed by atoms with Crippen molar-refractivity contribution in [1.82, 2.24) is 20.3 Å². The van der Waals surface area contributed by atoms with E-state index in [0.717, 1.165) is 30.8 Å². The Morgan fingerprint density at radius 2 is 2.24 bits per heavy atom. The number of nitrogens with zero attached hydrogens (tertiary/aromatic N) is 3. The number of pyridine rings is 1. The predicted octanol–water partition coefficient (Wildman–Crippen LogP) is 2.07. The van der Waals surface area contributed by atoms with E-state index >= 15 is 0 Å². The van der Waals surface area contributed by atoms with E-state index in [-0.39, 0.29) is 0 Å². The summed E-state index contributed by atoms with van der Waals surface area (Å²) >= 11 is 0. The first kappa shape index (κ1) is 18.3. The first-order valence-electron chi connectivity index (χ1n) is 9.21. The molecular weight excluding hydrogens is 316 g/mol. The second-order valence-electron chi connectivity index (χ2n) is 8.27. The summed E-state index contributed by atoms with van der Waals surface area (Å²) in [5.41, 5.74) is 4.80. The zero-order chi connectivity index (χ0) is 18.0. The molecule has 1 amide bonds. The molecular formula is C19H30N4O2. The van der Waals surface area contributed by atoms with Gasteiger partial charge in [-0.2, -0.15) is 0 Å². The molecule has 0 atom stereocenters. The lowest BCUT2D eigenvalue weighted by Gasteiger charge is -2.51. The highest BCUT2D eigenvalue weighted by atomic mass is 16.5. The highest BCUT2D eigenvalue weighted by Gasteiger charge is 2.43. The molecule has 1 aromatic rings. The van der Waals surface area contributed by atoms with Crippen LogP contribution in [0.1, 0.15) is 54.2 Å². The third-order valence-corrected chi connectivity index (χ3v) is 5.80. The average molecular weight is 346 g/mol. The molecule has 0 saturated heterocycles. The Morgan fingerprint density at radius 1 is 1.48 bits per heavy atom. The largest absolute Gasteiger partial charge is 0.309 e. The molecule has 25 heavy (non-hydrogen) atoms. The van der Waals surface area contributed by atoms with Gasteiger partial charge in [-0.15, -0.1) is 0 Å². The number of nitrogens with one attached hydrogen (secondary N) is 1. The summed E-state index contributed by atoms with van der Waals surface area (Å²) in [5, 5.41) is 8.75. The van der Waals surface area contributed by atoms with Crippen LogP contribution in [0.25, 0.3) is 0 Å². The van der Waals surface area contributed by atoms with Crippen LogP contribution in [0.15, 0.2) is 12.3 Å². The molecule has 2 N–H and O–H groups in total. The molecule has 0 bridgehead atoms. The van der Waals surface area contributed by atoms with Crippen LogP contribution in [0, 0.1) is 5.41 Å². The van der Waals surface area contributed by atoms with Gasteiger partial charge in [-0.25, -0.2) is 5.48 Å². The van der Waals surface area contributed by atoms with Crippen molar-refractivity contribution in [1.29, 1.82) is 0 Å². The molecule has 1 aliphatic carbocycles. The van der Waals surface area contributed by atoms with E-state index in [1.807, 2.05) is 6.07 Å². The van der Waals surface area contributed by atoms with Crippen LogP contribution in [-0.4, -0.2) is 59.1 Å². The smallest absolute Gasteiger partial charge is 0.276 e. The van der Waals surface area contributed by atoms with Crippen molar-refractivity contribution in [3.63, 3.8) is 0 Å². The molecule has 0 aromatic carbocycles. The molecule has 2 heterocycles. The first-order chi connectivity index (χ1) is 11.9. The van der Waals surface area contributed by atoms with Crippen LogP contribution in [-0.2, 0) is 13.0 Å². The third-order valence-electron chi connectivity index (χ3n) is 5.80. The standard InChI is InChI=1S/C19H30N4O2/c1-19(6-4-7-22(2)3)10-16(11-19)23-8-5-14-9-15(18(24)21-25)12-20-17(14)13-23/h9,12,16,25H,4-8,10-11,13H2,1-3H3,(H,21,24)/t16-,19+. The van der Waals surface area contributed by atoms with E-state index in [1.54, 1.807) is 11.7 Å². The van der Waals surface area contributed by atoms with Crippen molar-refractivity contribution in [3.8, 4) is 0 Å². The molecule has 1 fully saturated rings. The van der Waals surface area contributed by atoms with E-state index in [1.165, 1.54) is 32.2 Å². The van der Waals surface area contributed by atoms with Gasteiger partial charge in [0.25, 0.3) is 5.91 Å². The number of hydrogen-bond donors (Lipinski definition) is 2. The van der Waals surface area contributed by atoms with E-state index < -0.39 is 5.91 Å². The highest BCUT2D eigenvalue weighted by molar-refractivity contribution is 5.93. The van der Waals surface area contributed by atoms with Gasteiger partial charge in [0, 0.05) is 25.3 Å². The minimum atomic E-state index is -0.495. The number of amides is 1. The molecule has 138 valence electrons. The zero-order valence-corrected chi connectivity index (χ0v) is 15.6. The summed E-state index contributed by atoms with van der Waals surface area (Å²) in [6.45, 7) is 5.49. The van der Waals surface area contributed by atoms with Crippen molar-refractivity contribution >= 4 is 5.91 Å². The van der Waals surface area contributed by atoms with Crippen molar-refractivity contribution in [3.05, 3.63) is 29.1 Å². The van der Waals surface area contributed by atoms with Gasteiger partial charge in [0.05, 0.1) is 11.3 Å². The predicted molar refractivity (Wildman–Crippen MR) is 96.5 cm³/mol. The van der Waals surface area contributed by atoms with Crippen LogP contribution >= 0.6 is 0 Å². The van der Waals surface area contributed by atoms with E-state index in [2.05, 4.69) is 35.8 Å². The first-order valence-corrected chi connectivity index (χ1v) is 9.21. The molecule has 2 aliphatic rings. The van der Waals surface area contributed by atoms with Gasteiger partial charge in [-0.1, -0.05) is 6.92 Å². The number of carbonyl (C=O) groups is 1. The minimum absolute atomic E-state index is 0.423. The zero-order valence-electron chi connectivity index (χ0n) is 15.6. The second kappa shape index (κ2) is 7.40. The lowest BCUT2D eigenvalue weighted by atomic mass is 9.63. The number of aromatic nitrogens is 1. The summed E-state index contributed by atoms with van der Waals surface area (Å²) in [6, 6.07) is 2.52. The summed E-state index contributed by atoms with van der Waals surface area (Å²) in [5.74, 6) is -0.495. The SMILES string of the molecule is CN(C)CCC[C@]1(C)C[C@H](N2CCc3cc(C(=O)NO)cnc3C2)C1. The molecule has 6 heteroatoms. The Labute approximate surface area is 150 Å². The molecule has 6 nitrogen and oxygen atoms in total. The lowest BCUT2D eigenvalue weighted by Crippen LogP contribution is -2.51. The minimum Gasteiger partial charge on any atom is -0.309 e. The molecule has 0 unspecified atom stereocenters. The Balaban J connectivity index is 1.53. The van der Waals surface area contributed by atoms with Crippen LogP contribution in [0.3, 0.4) is 0 Å². The van der Waals surface area contributed by atoms with Gasteiger partial charge < -0.3 is 4.90 Å². The average Bonchev–Trinajstić information content (AvgIpc) is 2.57. The Bertz CT molecular complexity index is 626. The molecule has 0 spiro atoms. The number of carbonyl (C=O) groups excluding carboxylic acids is 1. The van der Waals surface area contributed by atoms with Gasteiger partial charge >= 0.3 is 0 Å². The number of fused-ring (bicyclic) bond motifs is 1. The van der Waals surface area contributed by atoms with Gasteiger partial charge in [0.15, 0.2) is 0 Å². The maximum Gasteiger partial charge on any atom is 0.276 e. The fourth-order valence-electron chi connectivity index (χ4n) is 4.30. The molecule has 1 saturated carbocycles. The van der Waals surface area contributed by atoms with Gasteiger partial charge in [0.2, 0.25) is 0 Å². The summed E-state index contributed by atoms with van der Waals surface area (Å²) in [4.78, 5) is 20.8. The van der Waals surface area contributed by atoms with Gasteiger partial charge in [-0.3, -0.25) is 19.9 Å². The van der Waals surface area contributed by atoms with E-state index in [0.29, 0.717) is 17.0 Å². The monoisotopic (exact) mass is 346 g/mol. The normalized spacial score (nSPS) is 26.2. The number of rotatable bonds is 6. The van der Waals surface area contributed by atoms with Crippen LogP contribution in [0.4, 0.5) is 0 Å². The van der Waals surface area contributed by atoms with Crippen LogP contribution in [0.5, 0.6) is 0 Å². The quantitative estimate of drug-likeness (QED) is 0.610. The van der Waals surface area contributed by atoms with Gasteiger partial charge in [-0.05, 0) is 69.8 Å². The van der Waals surface area contributed by atoms with Crippen molar-refractivity contribution in [2.24, 2.45) is 5.41 Å². The van der Waals surface area contributed by atoms with Crippen molar-refractivity contribution in [2.45, 2.75) is 51.6 Å². The Kier molecular flexibility index (Phi) is 5.41. The fraction of sp³-hybridized carbons (Fsp3) is 0.684. The van der Waals surface area contributed by atoms with Crippen molar-refractivity contribution in [2.75, 3.05) is 27.2 Å². The maximum absolute atomic E-state index is 11.5. The number of hydroxylamine groups is 1. The molecule has 3 rings (SSSR count). The van der Waals surface area contributed by atoms with Crippen LogP contribution in [0.2, 0.25) is 0 Å². The lowest BCUT2D eigenvalue weighted by molar-refractivity contribution is -0.00274. The topological polar surface area (TPSA) is 68.7 Å². The highest BCUT2D eigenvalue weighted by Crippen LogP contribution is 2.47. The summed E-state index contributed by atoms with van der Waals surface area (Å²) < 4.78 is 0. The Morgan fingerprint density at radius 3 is 2.92 bits per heavy atom. The molecule has 1 aromatic heterocycles. The molecule has 1 aliphatic heterocycles. The fourth-order valence-corrected chi connectivity index (χ4v) is 4.30. The molecule has 0 radical (unpaired) electrons. The van der Waals surface area contributed by atoms with E-state index in [4.69, 9.17) is 5.21 Å². The van der Waals surface area contributed by atoms with Crippen molar-refractivity contribution < 1.29 is 10.0 Å². The number of hydrogen-bond acceptors (Lipinski definition) is 5. The van der Waals surface area contributed by atoms with Crippen LogP contribution < -0.4 is 5.48 Å². The maximum atomic E-state index is 11.5. The second-order valence-corrected chi connectivity index (χ2v) is 8.27. The summed E-state index contributed by atoms with van der Waals surface area (Å²) in [6.07, 6.45) is 7.62. The van der Waals surface area contributed by atoms with Gasteiger partial charge in [0.1, 0.15) is 0 Å². The third kappa shape index (κ3) is 4.19. The van der Waals surface area contributed by atoms with E-state index in [9.17, 15) is 4.79 Å². The Hall–Kier alpha value is -1.50. The summed E-state index contributed by atoms with van der Waals surface area (Å²) in [7, 11) is 4.28.